The maximum Gasteiger partial charge on any atom is 0.300 e. The predicted octanol–water partition coefficient (Wildman–Crippen LogP) is 0.267. The first-order chi connectivity index (χ1) is 6.93. The van der Waals surface area contributed by atoms with Crippen LogP contribution in [0.25, 0.3) is 0 Å². The molecule has 0 fully saturated rings. The Morgan fingerprint density at radius 2 is 0.750 bits per heavy atom. The van der Waals surface area contributed by atoms with Gasteiger partial charge in [0.25, 0.3) is 17.9 Å². The maximum absolute atomic E-state index is 9.56. The fourth-order valence-electron chi connectivity index (χ4n) is 0. The van der Waals surface area contributed by atoms with E-state index in [0.29, 0.717) is 0 Å². The van der Waals surface area contributed by atoms with Crippen LogP contribution in [0.2, 0.25) is 0 Å². The molecule has 0 spiro atoms. The fraction of sp³-hybridized carbons (Fsp3) is 0.625. The number of carboxylic acids is 3. The minimum absolute atomic E-state index is 0.611. The zero-order valence-electron chi connectivity index (χ0n) is 9.88. The Hall–Kier alpha value is -1.44. The SMILES string of the molecule is CC(=O)O.CC(=O)O.CC(=O)O.CS(C)=O. The predicted molar refractivity (Wildman–Crippen MR) is 59.9 cm³/mol. The summed E-state index contributed by atoms with van der Waals surface area (Å²) in [6, 6.07) is 0. The summed E-state index contributed by atoms with van der Waals surface area (Å²) in [6.07, 6.45) is 3.28. The molecule has 8 heteroatoms. The summed E-state index contributed by atoms with van der Waals surface area (Å²) in [7, 11) is -0.611. The van der Waals surface area contributed by atoms with Gasteiger partial charge in [-0.2, -0.15) is 0 Å². The Balaban J connectivity index is -0.0000000600. The molecule has 0 aliphatic rings. The maximum atomic E-state index is 9.56. The molecule has 0 heterocycles. The number of hydrogen-bond donors (Lipinski definition) is 3. The van der Waals surface area contributed by atoms with Gasteiger partial charge in [0, 0.05) is 44.1 Å². The van der Waals surface area contributed by atoms with Crippen LogP contribution in [0.5, 0.6) is 0 Å². The van der Waals surface area contributed by atoms with Crippen LogP contribution in [0, 0.1) is 0 Å². The molecule has 0 saturated carbocycles. The summed E-state index contributed by atoms with van der Waals surface area (Å²) < 4.78 is 9.56. The molecule has 98 valence electrons. The first kappa shape index (κ1) is 24.0. The van der Waals surface area contributed by atoms with Gasteiger partial charge >= 0.3 is 0 Å². The van der Waals surface area contributed by atoms with Crippen molar-refractivity contribution in [3.05, 3.63) is 0 Å². The number of hydrogen-bond acceptors (Lipinski definition) is 4. The number of carbonyl (C=O) groups is 3. The first-order valence-corrected chi connectivity index (χ1v) is 5.73. The summed E-state index contributed by atoms with van der Waals surface area (Å²) in [5.74, 6) is -2.50. The zero-order valence-corrected chi connectivity index (χ0v) is 10.7. The fourth-order valence-corrected chi connectivity index (χ4v) is 0. The number of carboxylic acid groups (broad SMARTS) is 3. The summed E-state index contributed by atoms with van der Waals surface area (Å²) in [4.78, 5) is 27.0. The Labute approximate surface area is 96.6 Å². The molecule has 0 aliphatic carbocycles. The van der Waals surface area contributed by atoms with E-state index in [4.69, 9.17) is 29.7 Å². The highest BCUT2D eigenvalue weighted by Gasteiger charge is 1.66. The van der Waals surface area contributed by atoms with Crippen molar-refractivity contribution in [2.45, 2.75) is 20.8 Å². The van der Waals surface area contributed by atoms with Crippen molar-refractivity contribution >= 4 is 28.7 Å². The van der Waals surface area contributed by atoms with E-state index < -0.39 is 28.7 Å². The van der Waals surface area contributed by atoms with Gasteiger partial charge in [-0.3, -0.25) is 18.6 Å². The van der Waals surface area contributed by atoms with Crippen LogP contribution in [0.3, 0.4) is 0 Å². The van der Waals surface area contributed by atoms with Crippen molar-refractivity contribution in [3.63, 3.8) is 0 Å². The summed E-state index contributed by atoms with van der Waals surface area (Å²) in [6.45, 7) is 3.25. The molecule has 0 aliphatic heterocycles. The lowest BCUT2D eigenvalue weighted by molar-refractivity contribution is -0.135. The van der Waals surface area contributed by atoms with E-state index in [2.05, 4.69) is 0 Å². The van der Waals surface area contributed by atoms with Gasteiger partial charge in [-0.15, -0.1) is 0 Å². The van der Waals surface area contributed by atoms with E-state index in [0.717, 1.165) is 20.8 Å². The monoisotopic (exact) mass is 258 g/mol. The minimum Gasteiger partial charge on any atom is -0.481 e. The molecule has 0 radical (unpaired) electrons. The molecule has 16 heavy (non-hydrogen) atoms. The van der Waals surface area contributed by atoms with Gasteiger partial charge in [-0.25, -0.2) is 0 Å². The highest BCUT2D eigenvalue weighted by molar-refractivity contribution is 7.83. The molecular formula is C8H18O7S. The van der Waals surface area contributed by atoms with Gasteiger partial charge in [0.05, 0.1) is 0 Å². The summed E-state index contributed by atoms with van der Waals surface area (Å²) in [5, 5.41) is 22.2. The molecule has 0 unspecified atom stereocenters. The molecule has 0 aromatic carbocycles. The molecular weight excluding hydrogens is 240 g/mol. The third-order valence-corrected chi connectivity index (χ3v) is 0. The van der Waals surface area contributed by atoms with Crippen molar-refractivity contribution in [3.8, 4) is 0 Å². The Kier molecular flexibility index (Phi) is 28.8. The van der Waals surface area contributed by atoms with E-state index in [1.807, 2.05) is 0 Å². The lowest BCUT2D eigenvalue weighted by Crippen LogP contribution is -1.78. The molecule has 0 aromatic heterocycles. The molecule has 0 atom stereocenters. The third kappa shape index (κ3) is 809. The Morgan fingerprint density at radius 1 is 0.750 bits per heavy atom. The quantitative estimate of drug-likeness (QED) is 0.568. The van der Waals surface area contributed by atoms with Crippen LogP contribution in [0.15, 0.2) is 0 Å². The van der Waals surface area contributed by atoms with Gasteiger partial charge < -0.3 is 15.3 Å². The summed E-state index contributed by atoms with van der Waals surface area (Å²) >= 11 is 0. The topological polar surface area (TPSA) is 129 Å². The minimum atomic E-state index is -0.833. The van der Waals surface area contributed by atoms with Crippen LogP contribution in [0.1, 0.15) is 20.8 Å². The highest BCUT2D eigenvalue weighted by Crippen LogP contribution is 1.47. The molecule has 0 saturated heterocycles. The highest BCUT2D eigenvalue weighted by atomic mass is 32.2. The molecule has 7 nitrogen and oxygen atoms in total. The lowest BCUT2D eigenvalue weighted by atomic mass is 10.9. The van der Waals surface area contributed by atoms with Crippen LogP contribution < -0.4 is 0 Å². The van der Waals surface area contributed by atoms with Crippen molar-refractivity contribution in [1.82, 2.24) is 0 Å². The molecule has 3 N–H and O–H groups in total. The van der Waals surface area contributed by atoms with E-state index in [1.165, 1.54) is 0 Å². The second-order valence-electron chi connectivity index (χ2n) is 2.30. The Morgan fingerprint density at radius 3 is 0.750 bits per heavy atom. The van der Waals surface area contributed by atoms with Gasteiger partial charge in [-0.1, -0.05) is 0 Å². The van der Waals surface area contributed by atoms with Crippen molar-refractivity contribution < 1.29 is 33.9 Å². The average Bonchev–Trinajstić information content (AvgIpc) is 1.76. The van der Waals surface area contributed by atoms with Gasteiger partial charge in [-0.05, 0) is 0 Å². The largest absolute Gasteiger partial charge is 0.481 e. The smallest absolute Gasteiger partial charge is 0.300 e. The number of aliphatic carboxylic acids is 3. The standard InChI is InChI=1S/3C2H4O2.C2H6OS/c3*1-2(3)4;1-4(2)3/h3*1H3,(H,3,4);1-2H3. The lowest BCUT2D eigenvalue weighted by Gasteiger charge is -1.60. The summed E-state index contributed by atoms with van der Waals surface area (Å²) in [5.41, 5.74) is 0. The van der Waals surface area contributed by atoms with Gasteiger partial charge in [0.2, 0.25) is 0 Å². The van der Waals surface area contributed by atoms with E-state index in [1.54, 1.807) is 12.5 Å². The molecule has 0 bridgehead atoms. The normalized spacial score (nSPS) is 6.88. The van der Waals surface area contributed by atoms with Gasteiger partial charge in [0.1, 0.15) is 0 Å². The van der Waals surface area contributed by atoms with Gasteiger partial charge in [0.15, 0.2) is 0 Å². The molecule has 0 rings (SSSR count). The van der Waals surface area contributed by atoms with Crippen LogP contribution in [-0.2, 0) is 25.2 Å². The van der Waals surface area contributed by atoms with Crippen molar-refractivity contribution in [2.24, 2.45) is 0 Å². The van der Waals surface area contributed by atoms with E-state index >= 15 is 0 Å². The van der Waals surface area contributed by atoms with E-state index in [9.17, 15) is 4.21 Å². The second-order valence-corrected chi connectivity index (χ2v) is 3.78. The van der Waals surface area contributed by atoms with Crippen molar-refractivity contribution in [1.29, 1.82) is 0 Å². The second kappa shape index (κ2) is 19.2. The molecule has 0 amide bonds. The third-order valence-electron chi connectivity index (χ3n) is 0. The number of rotatable bonds is 0. The molecule has 0 aromatic rings. The van der Waals surface area contributed by atoms with Crippen LogP contribution in [0.4, 0.5) is 0 Å². The van der Waals surface area contributed by atoms with Crippen LogP contribution in [-0.4, -0.2) is 49.9 Å². The first-order valence-electron chi connectivity index (χ1n) is 3.77. The van der Waals surface area contributed by atoms with Crippen LogP contribution >= 0.6 is 0 Å². The van der Waals surface area contributed by atoms with E-state index in [-0.39, 0.29) is 0 Å². The Bertz CT molecular complexity index is 160. The average molecular weight is 258 g/mol. The zero-order chi connectivity index (χ0) is 14.3. The van der Waals surface area contributed by atoms with Crippen molar-refractivity contribution in [2.75, 3.05) is 12.5 Å².